The molecule has 1 aliphatic carbocycles. The van der Waals surface area contributed by atoms with Gasteiger partial charge in [-0.3, -0.25) is 8.51 Å². The molecule has 164 valence electrons. The first-order valence-electron chi connectivity index (χ1n) is 10.0. The number of nitrogens with zero attached hydrogens (tertiary/aromatic N) is 1. The zero-order valence-electron chi connectivity index (χ0n) is 16.8. The second kappa shape index (κ2) is 8.78. The first-order chi connectivity index (χ1) is 14.9. The van der Waals surface area contributed by atoms with Gasteiger partial charge in [-0.2, -0.15) is 0 Å². The van der Waals surface area contributed by atoms with E-state index < -0.39 is 23.1 Å². The lowest BCUT2D eigenvalue weighted by Gasteiger charge is -2.31. The Kier molecular flexibility index (Phi) is 6.08. The minimum absolute atomic E-state index is 0.0494. The predicted molar refractivity (Wildman–Crippen MR) is 115 cm³/mol. The molecule has 7 nitrogen and oxygen atoms in total. The van der Waals surface area contributed by atoms with Gasteiger partial charge in [0.25, 0.3) is 0 Å². The molecule has 3 atom stereocenters. The number of anilines is 2. The fourth-order valence-electron chi connectivity index (χ4n) is 3.96. The van der Waals surface area contributed by atoms with Crippen molar-refractivity contribution in [3.63, 3.8) is 0 Å². The zero-order valence-corrected chi connectivity index (χ0v) is 17.7. The van der Waals surface area contributed by atoms with Crippen molar-refractivity contribution in [2.75, 3.05) is 24.0 Å². The number of halogens is 1. The van der Waals surface area contributed by atoms with E-state index in [0.717, 1.165) is 28.9 Å². The lowest BCUT2D eigenvalue weighted by Crippen LogP contribution is -2.24. The van der Waals surface area contributed by atoms with Crippen molar-refractivity contribution in [1.29, 1.82) is 0 Å². The number of ether oxygens (including phenoxy) is 1. The van der Waals surface area contributed by atoms with Gasteiger partial charge in [0, 0.05) is 18.0 Å². The van der Waals surface area contributed by atoms with E-state index in [9.17, 15) is 23.1 Å². The minimum Gasteiger partial charge on any atom is -0.755 e. The predicted octanol–water partition coefficient (Wildman–Crippen LogP) is 3.57. The zero-order chi connectivity index (χ0) is 22.1. The smallest absolute Gasteiger partial charge is 0.341 e. The quantitative estimate of drug-likeness (QED) is 0.476. The van der Waals surface area contributed by atoms with Crippen molar-refractivity contribution >= 4 is 34.7 Å². The first kappa shape index (κ1) is 21.5. The number of hydrogen-bond donors (Lipinski definition) is 2. The molecule has 4 rings (SSSR count). The summed E-state index contributed by atoms with van der Waals surface area (Å²) in [6, 6.07) is 6.88. The van der Waals surface area contributed by atoms with Crippen molar-refractivity contribution in [3.05, 3.63) is 58.9 Å². The van der Waals surface area contributed by atoms with Crippen LogP contribution in [0, 0.1) is 11.7 Å². The molecule has 0 bridgehead atoms. The van der Waals surface area contributed by atoms with E-state index in [-0.39, 0.29) is 28.6 Å². The average Bonchev–Trinajstić information content (AvgIpc) is 3.52. The van der Waals surface area contributed by atoms with Crippen molar-refractivity contribution in [2.45, 2.75) is 19.3 Å². The number of benzene rings is 2. The highest BCUT2D eigenvalue weighted by atomic mass is 32.2. The molecule has 1 fully saturated rings. The van der Waals surface area contributed by atoms with Gasteiger partial charge >= 0.3 is 5.97 Å². The summed E-state index contributed by atoms with van der Waals surface area (Å²) in [6.07, 6.45) is 4.28. The molecule has 1 saturated carbocycles. The van der Waals surface area contributed by atoms with Gasteiger partial charge in [0.15, 0.2) is 0 Å². The second-order valence-electron chi connectivity index (χ2n) is 7.52. The van der Waals surface area contributed by atoms with Crippen LogP contribution in [-0.2, 0) is 11.3 Å². The number of likely N-dealkylation sites (N-methyl/N-ethyl adjacent to an activating group) is 1. The Balaban J connectivity index is 1.84. The lowest BCUT2D eigenvalue weighted by atomic mass is 9.99. The number of carbonyl (C=O) groups is 1. The summed E-state index contributed by atoms with van der Waals surface area (Å²) in [5, 5.41) is 13.0. The Morgan fingerprint density at radius 1 is 1.39 bits per heavy atom. The summed E-state index contributed by atoms with van der Waals surface area (Å²) in [6.45, 7) is 3.62. The molecule has 0 spiro atoms. The van der Waals surface area contributed by atoms with E-state index in [0.29, 0.717) is 24.6 Å². The summed E-state index contributed by atoms with van der Waals surface area (Å²) in [7, 11) is 0. The Morgan fingerprint density at radius 3 is 2.87 bits per heavy atom. The Hall–Kier alpha value is -2.75. The van der Waals surface area contributed by atoms with Gasteiger partial charge in [0.1, 0.15) is 17.1 Å². The van der Waals surface area contributed by atoms with E-state index in [1.54, 1.807) is 18.2 Å². The summed E-state index contributed by atoms with van der Waals surface area (Å²) >= 11 is -2.86. The highest BCUT2D eigenvalue weighted by Gasteiger charge is 2.45. The molecule has 1 heterocycles. The standard InChI is InChI=1S/C22H23FN2O5S/c1-2-24-9-3-4-13-10-15(23)5-7-18(13)25(31(28)29)19-8-6-16-17-11-14(17)12-30-21(16)20(19)22(26)27/h3-8,10,14,17,24H,2,9,11-12H2,1H3,(H,26,27)(H,28,29)/p-1. The van der Waals surface area contributed by atoms with Crippen molar-refractivity contribution < 1.29 is 27.8 Å². The Labute approximate surface area is 181 Å². The Bertz CT molecular complexity index is 1070. The van der Waals surface area contributed by atoms with Gasteiger partial charge in [0.05, 0.1) is 29.2 Å². The van der Waals surface area contributed by atoms with Crippen LogP contribution in [0.3, 0.4) is 0 Å². The summed E-state index contributed by atoms with van der Waals surface area (Å²) in [5.74, 6) is -0.971. The number of carboxylic acids is 1. The average molecular weight is 445 g/mol. The molecule has 9 heteroatoms. The maximum Gasteiger partial charge on any atom is 0.341 e. The molecule has 2 N–H and O–H groups in total. The van der Waals surface area contributed by atoms with E-state index in [1.807, 2.05) is 6.92 Å². The second-order valence-corrected chi connectivity index (χ2v) is 8.32. The topological polar surface area (TPSA) is 102 Å². The highest BCUT2D eigenvalue weighted by molar-refractivity contribution is 7.81. The van der Waals surface area contributed by atoms with E-state index >= 15 is 0 Å². The fourth-order valence-corrected chi connectivity index (χ4v) is 4.60. The maximum absolute atomic E-state index is 13.9. The lowest BCUT2D eigenvalue weighted by molar-refractivity contribution is 0.0692. The van der Waals surface area contributed by atoms with Crippen molar-refractivity contribution in [3.8, 4) is 5.75 Å². The molecule has 0 saturated heterocycles. The fraction of sp³-hybridized carbons (Fsp3) is 0.318. The van der Waals surface area contributed by atoms with Crippen LogP contribution in [0.2, 0.25) is 0 Å². The van der Waals surface area contributed by atoms with Gasteiger partial charge in [0.2, 0.25) is 0 Å². The number of hydrogen-bond acceptors (Lipinski definition) is 5. The first-order valence-corrected chi connectivity index (χ1v) is 11.0. The molecule has 0 radical (unpaired) electrons. The third-order valence-corrected chi connectivity index (χ3v) is 6.22. The van der Waals surface area contributed by atoms with Gasteiger partial charge in [-0.05, 0) is 48.7 Å². The number of carboxylic acid groups (broad SMARTS) is 1. The normalized spacial score (nSPS) is 20.0. The van der Waals surface area contributed by atoms with E-state index in [4.69, 9.17) is 4.74 Å². The van der Waals surface area contributed by atoms with Crippen LogP contribution in [0.15, 0.2) is 36.4 Å². The van der Waals surface area contributed by atoms with Crippen LogP contribution in [0.4, 0.5) is 15.8 Å². The SMILES string of the molecule is CCNCC=Cc1cc(F)ccc1N(c1ccc2c(c1C(=O)O)OCC1CC21)S(=O)[O-]. The number of rotatable bonds is 8. The number of fused-ring (bicyclic) bond motifs is 3. The van der Waals surface area contributed by atoms with Crippen LogP contribution in [0.5, 0.6) is 5.75 Å². The summed E-state index contributed by atoms with van der Waals surface area (Å²) in [4.78, 5) is 12.2. The van der Waals surface area contributed by atoms with Gasteiger partial charge in [-0.25, -0.2) is 9.18 Å². The van der Waals surface area contributed by atoms with Gasteiger partial charge < -0.3 is 19.7 Å². The highest BCUT2D eigenvalue weighted by Crippen LogP contribution is 2.56. The number of aromatic carboxylic acids is 1. The molecule has 3 unspecified atom stereocenters. The Morgan fingerprint density at radius 2 is 2.16 bits per heavy atom. The molecule has 0 amide bonds. The molecular formula is C22H22FN2O5S-. The molecule has 0 aromatic heterocycles. The monoisotopic (exact) mass is 445 g/mol. The molecule has 2 aromatic carbocycles. The van der Waals surface area contributed by atoms with Crippen LogP contribution in [0.25, 0.3) is 6.08 Å². The van der Waals surface area contributed by atoms with Crippen LogP contribution >= 0.6 is 0 Å². The molecule has 2 aromatic rings. The van der Waals surface area contributed by atoms with Crippen LogP contribution in [0.1, 0.15) is 40.7 Å². The molecule has 1 aliphatic heterocycles. The summed E-state index contributed by atoms with van der Waals surface area (Å²) in [5.41, 5.74) is 0.980. The van der Waals surface area contributed by atoms with Crippen molar-refractivity contribution in [2.24, 2.45) is 5.92 Å². The maximum atomic E-state index is 13.9. The third kappa shape index (κ3) is 4.21. The molecule has 2 aliphatic rings. The molecule has 31 heavy (non-hydrogen) atoms. The molecular weight excluding hydrogens is 423 g/mol. The summed E-state index contributed by atoms with van der Waals surface area (Å²) < 4.78 is 45.1. The van der Waals surface area contributed by atoms with E-state index in [2.05, 4.69) is 5.32 Å². The minimum atomic E-state index is -2.86. The van der Waals surface area contributed by atoms with Crippen molar-refractivity contribution in [1.82, 2.24) is 5.32 Å². The largest absolute Gasteiger partial charge is 0.755 e. The van der Waals surface area contributed by atoms with Crippen LogP contribution in [-0.4, -0.2) is 39.5 Å². The third-order valence-electron chi connectivity index (χ3n) is 5.53. The van der Waals surface area contributed by atoms with E-state index in [1.165, 1.54) is 18.2 Å². The van der Waals surface area contributed by atoms with Gasteiger partial charge in [-0.1, -0.05) is 25.1 Å². The number of nitrogens with one attached hydrogen (secondary N) is 1. The van der Waals surface area contributed by atoms with Crippen LogP contribution < -0.4 is 14.4 Å². The van der Waals surface area contributed by atoms with Gasteiger partial charge in [-0.15, -0.1) is 0 Å².